The summed E-state index contributed by atoms with van der Waals surface area (Å²) < 4.78 is 0. The van der Waals surface area contributed by atoms with Gasteiger partial charge in [-0.1, -0.05) is 48.5 Å². The molecule has 126 valence electrons. The molecule has 1 heterocycles. The molecule has 2 N–H and O–H groups in total. The fourth-order valence-corrected chi connectivity index (χ4v) is 2.89. The number of hydroxylamine groups is 1. The van der Waals surface area contributed by atoms with Crippen molar-refractivity contribution in [3.63, 3.8) is 0 Å². The predicted molar refractivity (Wildman–Crippen MR) is 94.6 cm³/mol. The van der Waals surface area contributed by atoms with E-state index in [1.54, 1.807) is 0 Å². The average Bonchev–Trinajstić information content (AvgIpc) is 2.64. The fourth-order valence-electron chi connectivity index (χ4n) is 2.89. The largest absolute Gasteiger partial charge is 0.371 e. The zero-order valence-electron chi connectivity index (χ0n) is 13.7. The number of piperidine rings is 1. The predicted octanol–water partition coefficient (Wildman–Crippen LogP) is 3.09. The number of nitrogens with zero attached hydrogens (tertiary/aromatic N) is 1. The van der Waals surface area contributed by atoms with Gasteiger partial charge in [-0.15, -0.1) is 0 Å². The number of benzene rings is 2. The van der Waals surface area contributed by atoms with E-state index in [1.807, 2.05) is 36.4 Å². The Labute approximate surface area is 142 Å². The molecular weight excluding hydrogens is 302 g/mol. The van der Waals surface area contributed by atoms with Crippen molar-refractivity contribution in [1.29, 1.82) is 0 Å². The standard InChI is InChI=1S/C19H23N3O2/c23-19(21-24-15-16-7-3-1-4-8-16)20-17-11-13-22(14-12-17)18-9-5-2-6-10-18/h1-10,17H,11-15H2,(H2,20,21,23). The molecule has 0 bridgehead atoms. The maximum Gasteiger partial charge on any atom is 0.338 e. The molecule has 2 aromatic rings. The normalized spacial score (nSPS) is 15.1. The van der Waals surface area contributed by atoms with Gasteiger partial charge in [0, 0.05) is 24.8 Å². The summed E-state index contributed by atoms with van der Waals surface area (Å²) in [6, 6.07) is 20.0. The van der Waals surface area contributed by atoms with Gasteiger partial charge in [0.1, 0.15) is 0 Å². The van der Waals surface area contributed by atoms with Crippen LogP contribution in [-0.4, -0.2) is 25.2 Å². The summed E-state index contributed by atoms with van der Waals surface area (Å²) in [7, 11) is 0. The lowest BCUT2D eigenvalue weighted by atomic mass is 10.0. The Balaban J connectivity index is 1.36. The van der Waals surface area contributed by atoms with Crippen LogP contribution in [0.1, 0.15) is 18.4 Å². The summed E-state index contributed by atoms with van der Waals surface area (Å²) in [5.41, 5.74) is 4.72. The molecule has 5 nitrogen and oxygen atoms in total. The van der Waals surface area contributed by atoms with E-state index in [0.29, 0.717) is 6.61 Å². The van der Waals surface area contributed by atoms with Crippen molar-refractivity contribution < 1.29 is 9.63 Å². The van der Waals surface area contributed by atoms with E-state index >= 15 is 0 Å². The third-order valence-electron chi connectivity index (χ3n) is 4.20. The Morgan fingerprint density at radius 2 is 1.62 bits per heavy atom. The van der Waals surface area contributed by atoms with Gasteiger partial charge in [0.2, 0.25) is 0 Å². The van der Waals surface area contributed by atoms with Crippen molar-refractivity contribution in [2.45, 2.75) is 25.5 Å². The van der Waals surface area contributed by atoms with Crippen molar-refractivity contribution in [3.8, 4) is 0 Å². The van der Waals surface area contributed by atoms with Crippen LogP contribution in [0.25, 0.3) is 0 Å². The zero-order valence-corrected chi connectivity index (χ0v) is 13.7. The van der Waals surface area contributed by atoms with Crippen LogP contribution in [0, 0.1) is 0 Å². The summed E-state index contributed by atoms with van der Waals surface area (Å²) >= 11 is 0. The highest BCUT2D eigenvalue weighted by Gasteiger charge is 2.20. The van der Waals surface area contributed by atoms with Gasteiger partial charge in [-0.05, 0) is 30.5 Å². The van der Waals surface area contributed by atoms with Crippen LogP contribution in [-0.2, 0) is 11.4 Å². The highest BCUT2D eigenvalue weighted by molar-refractivity contribution is 5.73. The molecule has 0 aromatic heterocycles. The molecule has 0 saturated carbocycles. The van der Waals surface area contributed by atoms with Crippen molar-refractivity contribution in [2.24, 2.45) is 0 Å². The van der Waals surface area contributed by atoms with E-state index in [1.165, 1.54) is 5.69 Å². The molecule has 3 rings (SSSR count). The van der Waals surface area contributed by atoms with E-state index in [9.17, 15) is 4.79 Å². The number of nitrogens with one attached hydrogen (secondary N) is 2. The van der Waals surface area contributed by atoms with Gasteiger partial charge >= 0.3 is 6.03 Å². The van der Waals surface area contributed by atoms with Gasteiger partial charge in [0.05, 0.1) is 6.61 Å². The van der Waals surface area contributed by atoms with Crippen LogP contribution in [0.4, 0.5) is 10.5 Å². The van der Waals surface area contributed by atoms with Crippen molar-refractivity contribution >= 4 is 11.7 Å². The highest BCUT2D eigenvalue weighted by Crippen LogP contribution is 2.19. The maximum atomic E-state index is 11.9. The molecule has 2 aromatic carbocycles. The smallest absolute Gasteiger partial charge is 0.338 e. The van der Waals surface area contributed by atoms with Crippen LogP contribution in [0.3, 0.4) is 0 Å². The molecule has 1 fully saturated rings. The Morgan fingerprint density at radius 3 is 2.29 bits per heavy atom. The fraction of sp³-hybridized carbons (Fsp3) is 0.316. The van der Waals surface area contributed by atoms with Gasteiger partial charge in [0.15, 0.2) is 0 Å². The van der Waals surface area contributed by atoms with E-state index < -0.39 is 0 Å². The highest BCUT2D eigenvalue weighted by atomic mass is 16.7. The number of anilines is 1. The van der Waals surface area contributed by atoms with Crippen molar-refractivity contribution in [2.75, 3.05) is 18.0 Å². The van der Waals surface area contributed by atoms with Gasteiger partial charge in [-0.3, -0.25) is 4.84 Å². The molecule has 0 aliphatic carbocycles. The Hall–Kier alpha value is -2.53. The zero-order chi connectivity index (χ0) is 16.6. The second kappa shape index (κ2) is 8.36. The van der Waals surface area contributed by atoms with Crippen molar-refractivity contribution in [1.82, 2.24) is 10.8 Å². The lowest BCUT2D eigenvalue weighted by molar-refractivity contribution is 0.0478. The summed E-state index contributed by atoms with van der Waals surface area (Å²) in [6.07, 6.45) is 1.86. The van der Waals surface area contributed by atoms with Gasteiger partial charge in [0.25, 0.3) is 0 Å². The SMILES string of the molecule is O=C(NOCc1ccccc1)NC1CCN(c2ccccc2)CC1. The minimum atomic E-state index is -0.274. The first-order valence-corrected chi connectivity index (χ1v) is 8.33. The second-order valence-electron chi connectivity index (χ2n) is 5.95. The monoisotopic (exact) mass is 325 g/mol. The molecule has 0 spiro atoms. The molecule has 0 radical (unpaired) electrons. The number of hydrogen-bond donors (Lipinski definition) is 2. The molecular formula is C19H23N3O2. The van der Waals surface area contributed by atoms with Crippen LogP contribution < -0.4 is 15.7 Å². The molecule has 2 amide bonds. The minimum Gasteiger partial charge on any atom is -0.371 e. The minimum absolute atomic E-state index is 0.185. The van der Waals surface area contributed by atoms with Crippen LogP contribution >= 0.6 is 0 Å². The first-order valence-electron chi connectivity index (χ1n) is 8.33. The molecule has 5 heteroatoms. The van der Waals surface area contributed by atoms with E-state index in [4.69, 9.17) is 4.84 Å². The number of carbonyl (C=O) groups excluding carboxylic acids is 1. The first kappa shape index (κ1) is 16.3. The number of urea groups is 1. The van der Waals surface area contributed by atoms with Gasteiger partial charge in [-0.2, -0.15) is 0 Å². The van der Waals surface area contributed by atoms with Gasteiger partial charge < -0.3 is 10.2 Å². The van der Waals surface area contributed by atoms with Crippen LogP contribution in [0.5, 0.6) is 0 Å². The lowest BCUT2D eigenvalue weighted by Crippen LogP contribution is -2.47. The molecule has 24 heavy (non-hydrogen) atoms. The molecule has 0 unspecified atom stereocenters. The Bertz CT molecular complexity index is 626. The molecule has 1 aliphatic heterocycles. The number of hydrogen-bond acceptors (Lipinski definition) is 3. The summed E-state index contributed by atoms with van der Waals surface area (Å²) in [5, 5.41) is 2.98. The lowest BCUT2D eigenvalue weighted by Gasteiger charge is -2.33. The summed E-state index contributed by atoms with van der Waals surface area (Å²) in [5.74, 6) is 0. The molecule has 1 saturated heterocycles. The third-order valence-corrected chi connectivity index (χ3v) is 4.20. The number of amides is 2. The first-order chi connectivity index (χ1) is 11.8. The number of rotatable bonds is 5. The molecule has 0 atom stereocenters. The summed E-state index contributed by atoms with van der Waals surface area (Å²) in [6.45, 7) is 2.25. The van der Waals surface area contributed by atoms with Gasteiger partial charge in [-0.25, -0.2) is 10.3 Å². The number of para-hydroxylation sites is 1. The quantitative estimate of drug-likeness (QED) is 0.831. The van der Waals surface area contributed by atoms with E-state index in [-0.39, 0.29) is 12.1 Å². The van der Waals surface area contributed by atoms with E-state index in [0.717, 1.165) is 31.5 Å². The Kier molecular flexibility index (Phi) is 5.69. The Morgan fingerprint density at radius 1 is 1.00 bits per heavy atom. The van der Waals surface area contributed by atoms with E-state index in [2.05, 4.69) is 40.0 Å². The molecule has 1 aliphatic rings. The third kappa shape index (κ3) is 4.73. The topological polar surface area (TPSA) is 53.6 Å². The maximum absolute atomic E-state index is 11.9. The van der Waals surface area contributed by atoms with Crippen LogP contribution in [0.15, 0.2) is 60.7 Å². The number of carbonyl (C=O) groups is 1. The van der Waals surface area contributed by atoms with Crippen molar-refractivity contribution in [3.05, 3.63) is 66.2 Å². The second-order valence-corrected chi connectivity index (χ2v) is 5.95. The summed E-state index contributed by atoms with van der Waals surface area (Å²) in [4.78, 5) is 19.5. The van der Waals surface area contributed by atoms with Crippen LogP contribution in [0.2, 0.25) is 0 Å². The average molecular weight is 325 g/mol.